The van der Waals surface area contributed by atoms with Crippen molar-refractivity contribution in [3.63, 3.8) is 0 Å². The molecule has 96 valence electrons. The van der Waals surface area contributed by atoms with Crippen LogP contribution in [0, 0.1) is 11.3 Å². The quantitative estimate of drug-likeness (QED) is 0.708. The van der Waals surface area contributed by atoms with Gasteiger partial charge < -0.3 is 4.98 Å². The summed E-state index contributed by atoms with van der Waals surface area (Å²) in [6.45, 7) is 0. The van der Waals surface area contributed by atoms with Gasteiger partial charge in [0, 0.05) is 19.0 Å². The van der Waals surface area contributed by atoms with Crippen LogP contribution in [-0.2, 0) is 6.42 Å². The number of aromatic amines is 1. The first-order valence-electron chi connectivity index (χ1n) is 6.43. The molecule has 0 atom stereocenters. The minimum Gasteiger partial charge on any atom is -0.345 e. The fraction of sp³-hybridized carbons (Fsp3) is 0.385. The van der Waals surface area contributed by atoms with Gasteiger partial charge in [-0.2, -0.15) is 5.26 Å². The first-order chi connectivity index (χ1) is 9.40. The van der Waals surface area contributed by atoms with E-state index in [1.54, 1.807) is 6.20 Å². The molecule has 6 heteroatoms. The summed E-state index contributed by atoms with van der Waals surface area (Å²) in [5, 5.41) is 16.9. The van der Waals surface area contributed by atoms with Crippen molar-refractivity contribution in [2.75, 3.05) is 0 Å². The molecule has 0 aliphatic heterocycles. The van der Waals surface area contributed by atoms with Gasteiger partial charge in [0.1, 0.15) is 5.82 Å². The molecule has 19 heavy (non-hydrogen) atoms. The van der Waals surface area contributed by atoms with Crippen LogP contribution in [-0.4, -0.2) is 24.6 Å². The van der Waals surface area contributed by atoms with Crippen molar-refractivity contribution >= 4 is 16.8 Å². The second kappa shape index (κ2) is 5.06. The molecule has 0 spiro atoms. The van der Waals surface area contributed by atoms with Gasteiger partial charge in [-0.1, -0.05) is 6.42 Å². The van der Waals surface area contributed by atoms with Crippen molar-refractivity contribution in [2.24, 2.45) is 0 Å². The molecule has 0 aliphatic rings. The summed E-state index contributed by atoms with van der Waals surface area (Å²) >= 11 is 0. The van der Waals surface area contributed by atoms with E-state index in [2.05, 4.69) is 26.2 Å². The van der Waals surface area contributed by atoms with Crippen molar-refractivity contribution in [1.82, 2.24) is 24.6 Å². The molecule has 0 fully saturated rings. The summed E-state index contributed by atoms with van der Waals surface area (Å²) < 4.78 is 2.04. The highest BCUT2D eigenvalue weighted by atomic mass is 15.3. The van der Waals surface area contributed by atoms with E-state index in [1.807, 2.05) is 16.7 Å². The summed E-state index contributed by atoms with van der Waals surface area (Å²) in [6.07, 6.45) is 8.12. The Hall–Kier alpha value is -2.42. The second-order valence-electron chi connectivity index (χ2n) is 4.50. The van der Waals surface area contributed by atoms with Gasteiger partial charge in [0.15, 0.2) is 11.3 Å². The predicted octanol–water partition coefficient (Wildman–Crippen LogP) is 2.23. The minimum atomic E-state index is 0.632. The van der Waals surface area contributed by atoms with E-state index in [-0.39, 0.29) is 0 Å². The number of hydrogen-bond acceptors (Lipinski definition) is 4. The molecule has 0 unspecified atom stereocenters. The third kappa shape index (κ3) is 2.15. The van der Waals surface area contributed by atoms with Crippen LogP contribution in [0.5, 0.6) is 0 Å². The van der Waals surface area contributed by atoms with Crippen molar-refractivity contribution in [3.8, 4) is 6.07 Å². The van der Waals surface area contributed by atoms with Crippen molar-refractivity contribution in [1.29, 1.82) is 5.26 Å². The minimum absolute atomic E-state index is 0.632. The van der Waals surface area contributed by atoms with Gasteiger partial charge in [0.2, 0.25) is 0 Å². The average Bonchev–Trinajstić information content (AvgIpc) is 3.03. The SMILES string of the molecule is N#CCCCCCc1nnc2cnc3[nH]ccc3n12. The Balaban J connectivity index is 1.83. The van der Waals surface area contributed by atoms with E-state index in [1.165, 1.54) is 0 Å². The molecule has 0 radical (unpaired) electrons. The molecule has 0 saturated carbocycles. The van der Waals surface area contributed by atoms with Crippen LogP contribution in [0.1, 0.15) is 31.5 Å². The van der Waals surface area contributed by atoms with E-state index >= 15 is 0 Å². The highest BCUT2D eigenvalue weighted by Gasteiger charge is 2.09. The topological polar surface area (TPSA) is 82.7 Å². The number of nitrogens with zero attached hydrogens (tertiary/aromatic N) is 5. The number of rotatable bonds is 5. The second-order valence-corrected chi connectivity index (χ2v) is 4.50. The first-order valence-corrected chi connectivity index (χ1v) is 6.43. The molecule has 3 aromatic rings. The fourth-order valence-corrected chi connectivity index (χ4v) is 2.26. The average molecular weight is 254 g/mol. The maximum atomic E-state index is 8.50. The molecule has 0 bridgehead atoms. The lowest BCUT2D eigenvalue weighted by Crippen LogP contribution is -1.97. The number of nitriles is 1. The number of H-pyrrole nitrogens is 1. The number of hydrogen-bond donors (Lipinski definition) is 1. The molecule has 0 amide bonds. The Morgan fingerprint density at radius 1 is 1.26 bits per heavy atom. The standard InChI is InChI=1S/C13H14N6/c14-7-4-2-1-3-5-11-17-18-12-9-16-13-10(19(11)12)6-8-15-13/h6,8-9,15H,1-5H2. The third-order valence-corrected chi connectivity index (χ3v) is 3.20. The Morgan fingerprint density at radius 2 is 2.21 bits per heavy atom. The van der Waals surface area contributed by atoms with Gasteiger partial charge in [-0.05, 0) is 18.9 Å². The number of aromatic nitrogens is 5. The zero-order valence-electron chi connectivity index (χ0n) is 10.5. The first kappa shape index (κ1) is 11.7. The summed E-state index contributed by atoms with van der Waals surface area (Å²) in [4.78, 5) is 7.38. The van der Waals surface area contributed by atoms with Crippen LogP contribution in [0.3, 0.4) is 0 Å². The van der Waals surface area contributed by atoms with Gasteiger partial charge in [-0.25, -0.2) is 4.98 Å². The largest absolute Gasteiger partial charge is 0.345 e. The van der Waals surface area contributed by atoms with Crippen LogP contribution in [0.2, 0.25) is 0 Å². The molecule has 3 rings (SSSR count). The van der Waals surface area contributed by atoms with E-state index in [0.717, 1.165) is 48.3 Å². The number of unbranched alkanes of at least 4 members (excludes halogenated alkanes) is 3. The molecule has 3 heterocycles. The normalized spacial score (nSPS) is 11.1. The van der Waals surface area contributed by atoms with Gasteiger partial charge in [0.25, 0.3) is 0 Å². The summed E-state index contributed by atoms with van der Waals surface area (Å²) in [6, 6.07) is 4.15. The van der Waals surface area contributed by atoms with Crippen molar-refractivity contribution in [3.05, 3.63) is 24.3 Å². The van der Waals surface area contributed by atoms with E-state index in [4.69, 9.17) is 5.26 Å². The Morgan fingerprint density at radius 3 is 3.11 bits per heavy atom. The highest BCUT2D eigenvalue weighted by molar-refractivity contribution is 5.74. The van der Waals surface area contributed by atoms with Gasteiger partial charge in [0.05, 0.1) is 17.8 Å². The molecule has 0 aromatic carbocycles. The molecule has 0 saturated heterocycles. The zero-order chi connectivity index (χ0) is 13.1. The summed E-state index contributed by atoms with van der Waals surface area (Å²) in [7, 11) is 0. The van der Waals surface area contributed by atoms with Crippen molar-refractivity contribution < 1.29 is 0 Å². The number of nitrogens with one attached hydrogen (secondary N) is 1. The number of aryl methyl sites for hydroxylation is 1. The van der Waals surface area contributed by atoms with Crippen LogP contribution >= 0.6 is 0 Å². The van der Waals surface area contributed by atoms with Gasteiger partial charge in [-0.15, -0.1) is 10.2 Å². The highest BCUT2D eigenvalue weighted by Crippen LogP contribution is 2.15. The van der Waals surface area contributed by atoms with Crippen LogP contribution < -0.4 is 0 Å². The van der Waals surface area contributed by atoms with Crippen LogP contribution in [0.25, 0.3) is 16.8 Å². The van der Waals surface area contributed by atoms with E-state index < -0.39 is 0 Å². The maximum absolute atomic E-state index is 8.50. The molecule has 1 N–H and O–H groups in total. The number of fused-ring (bicyclic) bond motifs is 3. The summed E-state index contributed by atoms with van der Waals surface area (Å²) in [5.74, 6) is 0.957. The van der Waals surface area contributed by atoms with Crippen LogP contribution in [0.4, 0.5) is 0 Å². The van der Waals surface area contributed by atoms with E-state index in [9.17, 15) is 0 Å². The zero-order valence-corrected chi connectivity index (χ0v) is 10.5. The Labute approximate surface area is 110 Å². The smallest absolute Gasteiger partial charge is 0.179 e. The lowest BCUT2D eigenvalue weighted by molar-refractivity contribution is 0.669. The molecular weight excluding hydrogens is 240 g/mol. The molecular formula is C13H14N6. The van der Waals surface area contributed by atoms with Gasteiger partial charge >= 0.3 is 0 Å². The third-order valence-electron chi connectivity index (χ3n) is 3.20. The van der Waals surface area contributed by atoms with Gasteiger partial charge in [-0.3, -0.25) is 4.40 Å². The van der Waals surface area contributed by atoms with Crippen molar-refractivity contribution in [2.45, 2.75) is 32.1 Å². The Bertz CT molecular complexity index is 732. The van der Waals surface area contributed by atoms with E-state index in [0.29, 0.717) is 6.42 Å². The fourth-order valence-electron chi connectivity index (χ4n) is 2.26. The Kier molecular flexibility index (Phi) is 3.11. The predicted molar refractivity (Wildman–Crippen MR) is 70.4 cm³/mol. The lowest BCUT2D eigenvalue weighted by Gasteiger charge is -2.01. The monoisotopic (exact) mass is 254 g/mol. The molecule has 6 nitrogen and oxygen atoms in total. The van der Waals surface area contributed by atoms with Crippen LogP contribution in [0.15, 0.2) is 18.5 Å². The lowest BCUT2D eigenvalue weighted by atomic mass is 10.1. The summed E-state index contributed by atoms with van der Waals surface area (Å²) in [5.41, 5.74) is 2.63. The molecule has 0 aliphatic carbocycles. The maximum Gasteiger partial charge on any atom is 0.179 e. The molecule has 3 aromatic heterocycles.